The smallest absolute Gasteiger partial charge is 0.244 e. The molecule has 2 aliphatic rings. The molecule has 2 fully saturated rings. The van der Waals surface area contributed by atoms with Crippen molar-refractivity contribution in [2.24, 2.45) is 0 Å². The van der Waals surface area contributed by atoms with Gasteiger partial charge in [0.2, 0.25) is 11.8 Å². The van der Waals surface area contributed by atoms with Gasteiger partial charge in [-0.1, -0.05) is 18.2 Å². The van der Waals surface area contributed by atoms with Crippen LogP contribution in [-0.2, 0) is 9.59 Å². The van der Waals surface area contributed by atoms with Gasteiger partial charge in [-0.15, -0.1) is 0 Å². The van der Waals surface area contributed by atoms with Crippen LogP contribution in [0.5, 0.6) is 0 Å². The summed E-state index contributed by atoms with van der Waals surface area (Å²) in [6.45, 7) is 4.65. The van der Waals surface area contributed by atoms with Crippen molar-refractivity contribution >= 4 is 17.5 Å². The molecule has 136 valence electrons. The fourth-order valence-electron chi connectivity index (χ4n) is 3.63. The summed E-state index contributed by atoms with van der Waals surface area (Å²) in [5, 5.41) is 0. The number of para-hydroxylation sites is 1. The third-order valence-electron chi connectivity index (χ3n) is 5.18. The number of benzene rings is 1. The van der Waals surface area contributed by atoms with Crippen LogP contribution in [0.15, 0.2) is 30.3 Å². The molecule has 2 saturated heterocycles. The fourth-order valence-corrected chi connectivity index (χ4v) is 3.63. The Kier molecular flexibility index (Phi) is 5.71. The van der Waals surface area contributed by atoms with E-state index in [1.54, 1.807) is 19.0 Å². The number of carbonyl (C=O) groups is 2. The predicted octanol–water partition coefficient (Wildman–Crippen LogP) is 0.888. The molecule has 1 aromatic carbocycles. The van der Waals surface area contributed by atoms with Gasteiger partial charge in [-0.3, -0.25) is 19.4 Å². The number of anilines is 1. The molecule has 25 heavy (non-hydrogen) atoms. The first kappa shape index (κ1) is 17.9. The third-order valence-corrected chi connectivity index (χ3v) is 5.18. The van der Waals surface area contributed by atoms with Crippen molar-refractivity contribution in [3.05, 3.63) is 30.3 Å². The van der Waals surface area contributed by atoms with Crippen LogP contribution in [0.1, 0.15) is 12.8 Å². The number of hydrogen-bond donors (Lipinski definition) is 0. The zero-order valence-electron chi connectivity index (χ0n) is 15.2. The van der Waals surface area contributed by atoms with Crippen molar-refractivity contribution in [2.75, 3.05) is 58.3 Å². The maximum Gasteiger partial charge on any atom is 0.244 e. The SMILES string of the molecule is CN(C)C(=O)CN1CCN(C2CCCN(c3ccccc3)C2=O)CC1. The molecule has 1 atom stereocenters. The van der Waals surface area contributed by atoms with Crippen molar-refractivity contribution < 1.29 is 9.59 Å². The van der Waals surface area contributed by atoms with Gasteiger partial charge < -0.3 is 9.80 Å². The fraction of sp³-hybridized carbons (Fsp3) is 0.579. The van der Waals surface area contributed by atoms with Crippen LogP contribution in [0.4, 0.5) is 5.69 Å². The van der Waals surface area contributed by atoms with E-state index in [0.29, 0.717) is 6.54 Å². The lowest BCUT2D eigenvalue weighted by Gasteiger charge is -2.42. The molecule has 1 unspecified atom stereocenters. The number of rotatable bonds is 4. The van der Waals surface area contributed by atoms with Gasteiger partial charge in [-0.25, -0.2) is 0 Å². The molecule has 0 radical (unpaired) electrons. The highest BCUT2D eigenvalue weighted by atomic mass is 16.2. The van der Waals surface area contributed by atoms with E-state index in [2.05, 4.69) is 9.80 Å². The molecule has 6 heteroatoms. The summed E-state index contributed by atoms with van der Waals surface area (Å²) in [6.07, 6.45) is 1.96. The first-order valence-electron chi connectivity index (χ1n) is 9.09. The minimum Gasteiger partial charge on any atom is -0.348 e. The molecule has 2 amide bonds. The van der Waals surface area contributed by atoms with Crippen LogP contribution in [0, 0.1) is 0 Å². The van der Waals surface area contributed by atoms with Crippen molar-refractivity contribution in [3.63, 3.8) is 0 Å². The first-order valence-corrected chi connectivity index (χ1v) is 9.09. The standard InChI is InChI=1S/C19H28N4O2/c1-20(2)18(24)15-21-11-13-22(14-12-21)17-9-6-10-23(19(17)25)16-7-4-3-5-8-16/h3-5,7-8,17H,6,9-15H2,1-2H3. The van der Waals surface area contributed by atoms with Crippen LogP contribution in [-0.4, -0.2) is 85.9 Å². The molecular formula is C19H28N4O2. The molecule has 0 aliphatic carbocycles. The number of likely N-dealkylation sites (N-methyl/N-ethyl adjacent to an activating group) is 1. The van der Waals surface area contributed by atoms with E-state index in [1.807, 2.05) is 35.2 Å². The number of piperidine rings is 1. The quantitative estimate of drug-likeness (QED) is 0.814. The van der Waals surface area contributed by atoms with Gasteiger partial charge in [0, 0.05) is 52.5 Å². The third kappa shape index (κ3) is 4.19. The second kappa shape index (κ2) is 7.97. The molecule has 0 bridgehead atoms. The van der Waals surface area contributed by atoms with E-state index in [9.17, 15) is 9.59 Å². The Bertz CT molecular complexity index is 597. The zero-order valence-corrected chi connectivity index (χ0v) is 15.2. The Labute approximate surface area is 150 Å². The number of nitrogens with zero attached hydrogens (tertiary/aromatic N) is 4. The average molecular weight is 344 g/mol. The lowest BCUT2D eigenvalue weighted by Crippen LogP contribution is -2.58. The summed E-state index contributed by atoms with van der Waals surface area (Å²) in [5.74, 6) is 0.354. The van der Waals surface area contributed by atoms with Crippen LogP contribution in [0.25, 0.3) is 0 Å². The number of carbonyl (C=O) groups excluding carboxylic acids is 2. The molecular weight excluding hydrogens is 316 g/mol. The average Bonchev–Trinajstić information content (AvgIpc) is 2.63. The summed E-state index contributed by atoms with van der Waals surface area (Å²) in [4.78, 5) is 32.9. The van der Waals surface area contributed by atoms with Crippen molar-refractivity contribution in [1.29, 1.82) is 0 Å². The highest BCUT2D eigenvalue weighted by molar-refractivity contribution is 5.97. The Morgan fingerprint density at radius 1 is 1.08 bits per heavy atom. The van der Waals surface area contributed by atoms with E-state index in [0.717, 1.165) is 51.3 Å². The molecule has 0 spiro atoms. The minimum atomic E-state index is -0.0272. The van der Waals surface area contributed by atoms with Gasteiger partial charge >= 0.3 is 0 Å². The predicted molar refractivity (Wildman–Crippen MR) is 98.5 cm³/mol. The normalized spacial score (nSPS) is 22.9. The maximum atomic E-state index is 13.0. The minimum absolute atomic E-state index is 0.0272. The zero-order chi connectivity index (χ0) is 17.8. The summed E-state index contributed by atoms with van der Waals surface area (Å²) >= 11 is 0. The van der Waals surface area contributed by atoms with E-state index in [1.165, 1.54) is 0 Å². The summed E-state index contributed by atoms with van der Waals surface area (Å²) < 4.78 is 0. The van der Waals surface area contributed by atoms with Crippen molar-refractivity contribution in [3.8, 4) is 0 Å². The van der Waals surface area contributed by atoms with Crippen LogP contribution in [0.3, 0.4) is 0 Å². The monoisotopic (exact) mass is 344 g/mol. The van der Waals surface area contributed by atoms with E-state index in [-0.39, 0.29) is 17.9 Å². The maximum absolute atomic E-state index is 13.0. The second-order valence-electron chi connectivity index (χ2n) is 7.08. The summed E-state index contributed by atoms with van der Waals surface area (Å²) in [6, 6.07) is 9.92. The largest absolute Gasteiger partial charge is 0.348 e. The lowest BCUT2D eigenvalue weighted by molar-refractivity contribution is -0.131. The van der Waals surface area contributed by atoms with E-state index < -0.39 is 0 Å². The molecule has 6 nitrogen and oxygen atoms in total. The van der Waals surface area contributed by atoms with Gasteiger partial charge in [-0.2, -0.15) is 0 Å². The molecule has 0 N–H and O–H groups in total. The Morgan fingerprint density at radius 3 is 2.40 bits per heavy atom. The Hall–Kier alpha value is -1.92. The molecule has 2 aliphatic heterocycles. The van der Waals surface area contributed by atoms with Gasteiger partial charge in [-0.05, 0) is 25.0 Å². The second-order valence-corrected chi connectivity index (χ2v) is 7.08. The van der Waals surface area contributed by atoms with Gasteiger partial charge in [0.15, 0.2) is 0 Å². The van der Waals surface area contributed by atoms with Crippen LogP contribution in [0.2, 0.25) is 0 Å². The molecule has 0 aromatic heterocycles. The lowest BCUT2D eigenvalue weighted by atomic mass is 10.0. The van der Waals surface area contributed by atoms with Crippen molar-refractivity contribution in [1.82, 2.24) is 14.7 Å². The first-order chi connectivity index (χ1) is 12.1. The van der Waals surface area contributed by atoms with Gasteiger partial charge in [0.1, 0.15) is 0 Å². The topological polar surface area (TPSA) is 47.1 Å². The Morgan fingerprint density at radius 2 is 1.76 bits per heavy atom. The van der Waals surface area contributed by atoms with Gasteiger partial charge in [0.05, 0.1) is 12.6 Å². The highest BCUT2D eigenvalue weighted by Gasteiger charge is 2.35. The number of amides is 2. The van der Waals surface area contributed by atoms with E-state index >= 15 is 0 Å². The number of piperazine rings is 1. The van der Waals surface area contributed by atoms with Crippen LogP contribution < -0.4 is 4.90 Å². The molecule has 1 aromatic rings. The molecule has 2 heterocycles. The summed E-state index contributed by atoms with van der Waals surface area (Å²) in [5.41, 5.74) is 0.993. The number of hydrogen-bond acceptors (Lipinski definition) is 4. The Balaban J connectivity index is 1.58. The molecule has 3 rings (SSSR count). The van der Waals surface area contributed by atoms with E-state index in [4.69, 9.17) is 0 Å². The van der Waals surface area contributed by atoms with Crippen LogP contribution >= 0.6 is 0 Å². The van der Waals surface area contributed by atoms with Gasteiger partial charge in [0.25, 0.3) is 0 Å². The van der Waals surface area contributed by atoms with Crippen molar-refractivity contribution in [2.45, 2.75) is 18.9 Å². The molecule has 0 saturated carbocycles. The highest BCUT2D eigenvalue weighted by Crippen LogP contribution is 2.24. The summed E-state index contributed by atoms with van der Waals surface area (Å²) in [7, 11) is 3.58.